The number of rotatable bonds is 7. The molecule has 1 atom stereocenters. The first-order valence-corrected chi connectivity index (χ1v) is 11.0. The van der Waals surface area contributed by atoms with Crippen molar-refractivity contribution in [2.45, 2.75) is 31.7 Å². The molecule has 1 fully saturated rings. The van der Waals surface area contributed by atoms with Crippen LogP contribution in [-0.2, 0) is 4.79 Å². The molecule has 1 unspecified atom stereocenters. The molecule has 0 radical (unpaired) electrons. The van der Waals surface area contributed by atoms with Gasteiger partial charge in [0.15, 0.2) is 5.75 Å². The second kappa shape index (κ2) is 9.36. The van der Waals surface area contributed by atoms with E-state index in [0.717, 1.165) is 41.8 Å². The minimum Gasteiger partial charge on any atom is -0.490 e. The lowest BCUT2D eigenvalue weighted by atomic mass is 10.0. The van der Waals surface area contributed by atoms with E-state index in [1.54, 1.807) is 6.20 Å². The fraction of sp³-hybridized carbons (Fsp3) is 0.429. The van der Waals surface area contributed by atoms with Crippen LogP contribution in [0.5, 0.6) is 5.75 Å². The molecule has 0 bridgehead atoms. The Labute approximate surface area is 179 Å². The van der Waals surface area contributed by atoms with Crippen LogP contribution in [0.1, 0.15) is 25.7 Å². The number of aromatic nitrogens is 3. The van der Waals surface area contributed by atoms with E-state index < -0.39 is 0 Å². The van der Waals surface area contributed by atoms with Crippen LogP contribution in [0.25, 0.3) is 21.5 Å². The first-order valence-electron chi connectivity index (χ1n) is 10.2. The number of fused-ring (bicyclic) bond motifs is 1. The molecule has 3 N–H and O–H groups in total. The molecule has 3 aromatic rings. The molecule has 0 spiro atoms. The van der Waals surface area contributed by atoms with Gasteiger partial charge in [-0.1, -0.05) is 6.42 Å². The van der Waals surface area contributed by atoms with Crippen LogP contribution in [0.15, 0.2) is 30.6 Å². The van der Waals surface area contributed by atoms with Gasteiger partial charge in [0.25, 0.3) is 0 Å². The smallest absolute Gasteiger partial charge is 0.237 e. The van der Waals surface area contributed by atoms with Gasteiger partial charge in [-0.25, -0.2) is 9.36 Å². The third-order valence-electron chi connectivity index (χ3n) is 5.33. The van der Waals surface area contributed by atoms with E-state index in [1.807, 2.05) is 25.2 Å². The minimum absolute atomic E-state index is 0.0195. The summed E-state index contributed by atoms with van der Waals surface area (Å²) in [6.45, 7) is 1.99. The van der Waals surface area contributed by atoms with Gasteiger partial charge in [-0.15, -0.1) is 0 Å². The molecule has 1 aliphatic rings. The predicted octanol–water partition coefficient (Wildman–Crippen LogP) is 2.70. The maximum absolute atomic E-state index is 12.4. The van der Waals surface area contributed by atoms with Crippen molar-refractivity contribution < 1.29 is 9.53 Å². The number of nitrogens with zero attached hydrogens (tertiary/aromatic N) is 4. The summed E-state index contributed by atoms with van der Waals surface area (Å²) in [7, 11) is 2.01. The third-order valence-corrected chi connectivity index (χ3v) is 6.11. The average Bonchev–Trinajstić information content (AvgIpc) is 3.28. The SMILES string of the molecule is CN1CCCCC1C(=O)NCCCOc1c(-c2ccns2)ccc2ncc(N)nc12. The molecule has 9 heteroatoms. The number of likely N-dealkylation sites (N-methyl/N-ethyl adjacent to an activating group) is 1. The highest BCUT2D eigenvalue weighted by atomic mass is 32.1. The first kappa shape index (κ1) is 20.5. The van der Waals surface area contributed by atoms with Crippen LogP contribution in [0, 0.1) is 0 Å². The number of carbonyl (C=O) groups is 1. The van der Waals surface area contributed by atoms with E-state index in [0.29, 0.717) is 36.7 Å². The van der Waals surface area contributed by atoms with Gasteiger partial charge in [-0.2, -0.15) is 0 Å². The minimum atomic E-state index is -0.0195. The lowest BCUT2D eigenvalue weighted by molar-refractivity contribution is -0.127. The summed E-state index contributed by atoms with van der Waals surface area (Å²) in [5.41, 5.74) is 8.13. The topological polar surface area (TPSA) is 106 Å². The molecular weight excluding hydrogens is 400 g/mol. The Bertz CT molecular complexity index is 1010. The number of likely N-dealkylation sites (tertiary alicyclic amines) is 1. The third kappa shape index (κ3) is 4.52. The number of nitrogens with two attached hydrogens (primary N) is 1. The van der Waals surface area contributed by atoms with Crippen LogP contribution in [0.2, 0.25) is 0 Å². The number of ether oxygens (including phenoxy) is 1. The van der Waals surface area contributed by atoms with Gasteiger partial charge in [0, 0.05) is 18.3 Å². The number of hydrogen-bond donors (Lipinski definition) is 2. The van der Waals surface area contributed by atoms with Gasteiger partial charge in [0.2, 0.25) is 5.91 Å². The summed E-state index contributed by atoms with van der Waals surface area (Å²) in [6.07, 6.45) is 7.18. The van der Waals surface area contributed by atoms with Crippen molar-refractivity contribution >= 4 is 34.3 Å². The quantitative estimate of drug-likeness (QED) is 0.560. The van der Waals surface area contributed by atoms with E-state index in [-0.39, 0.29) is 11.9 Å². The summed E-state index contributed by atoms with van der Waals surface area (Å²) >= 11 is 1.40. The molecule has 158 valence electrons. The lowest BCUT2D eigenvalue weighted by Crippen LogP contribution is -2.47. The molecule has 1 aliphatic heterocycles. The number of anilines is 1. The van der Waals surface area contributed by atoms with Crippen LogP contribution in [-0.4, -0.2) is 57.9 Å². The van der Waals surface area contributed by atoms with Gasteiger partial charge in [-0.3, -0.25) is 14.7 Å². The molecule has 2 aromatic heterocycles. The van der Waals surface area contributed by atoms with E-state index in [9.17, 15) is 4.79 Å². The van der Waals surface area contributed by atoms with Crippen molar-refractivity contribution in [3.05, 3.63) is 30.6 Å². The molecule has 1 amide bonds. The Morgan fingerprint density at radius 1 is 1.37 bits per heavy atom. The second-order valence-corrected chi connectivity index (χ2v) is 8.30. The molecular formula is C21H26N6O2S. The highest BCUT2D eigenvalue weighted by Crippen LogP contribution is 2.37. The highest BCUT2D eigenvalue weighted by Gasteiger charge is 2.25. The van der Waals surface area contributed by atoms with Crippen molar-refractivity contribution in [3.63, 3.8) is 0 Å². The molecule has 3 heterocycles. The Morgan fingerprint density at radius 2 is 2.27 bits per heavy atom. The fourth-order valence-corrected chi connectivity index (χ4v) is 4.36. The number of carbonyl (C=O) groups excluding carboxylic acids is 1. The summed E-state index contributed by atoms with van der Waals surface area (Å²) in [5, 5.41) is 3.04. The maximum Gasteiger partial charge on any atom is 0.237 e. The standard InChI is InChI=1S/C21H26N6O2S/c1-27-11-3-2-5-16(27)21(28)23-9-4-12-29-20-14(17-8-10-25-30-17)6-7-15-19(20)26-18(22)13-24-15/h6-8,10,13,16H,2-5,9,11-12H2,1H3,(H2,22,26)(H,23,28). The molecule has 8 nitrogen and oxygen atoms in total. The average molecular weight is 427 g/mol. The maximum atomic E-state index is 12.4. The molecule has 0 aliphatic carbocycles. The predicted molar refractivity (Wildman–Crippen MR) is 118 cm³/mol. The summed E-state index contributed by atoms with van der Waals surface area (Å²) in [6, 6.07) is 5.80. The summed E-state index contributed by atoms with van der Waals surface area (Å²) in [5.74, 6) is 1.10. The number of nitrogens with one attached hydrogen (secondary N) is 1. The van der Waals surface area contributed by atoms with E-state index in [1.165, 1.54) is 17.7 Å². The van der Waals surface area contributed by atoms with Crippen molar-refractivity contribution in [1.82, 2.24) is 24.6 Å². The molecule has 4 rings (SSSR count). The van der Waals surface area contributed by atoms with Gasteiger partial charge in [0.05, 0.1) is 29.2 Å². The Hall–Kier alpha value is -2.78. The van der Waals surface area contributed by atoms with Gasteiger partial charge < -0.3 is 15.8 Å². The number of amides is 1. The Kier molecular flexibility index (Phi) is 6.39. The normalized spacial score (nSPS) is 17.2. The number of nitrogen functional groups attached to an aromatic ring is 1. The number of hydrogen-bond acceptors (Lipinski definition) is 8. The number of piperidine rings is 1. The molecule has 1 saturated heterocycles. The van der Waals surface area contributed by atoms with Gasteiger partial charge in [0.1, 0.15) is 11.3 Å². The van der Waals surface area contributed by atoms with Gasteiger partial charge >= 0.3 is 0 Å². The van der Waals surface area contributed by atoms with E-state index >= 15 is 0 Å². The zero-order valence-electron chi connectivity index (χ0n) is 17.0. The van der Waals surface area contributed by atoms with Crippen molar-refractivity contribution in [3.8, 4) is 16.2 Å². The first-order chi connectivity index (χ1) is 14.6. The zero-order valence-corrected chi connectivity index (χ0v) is 17.8. The largest absolute Gasteiger partial charge is 0.490 e. The molecule has 1 aromatic carbocycles. The molecule has 30 heavy (non-hydrogen) atoms. The van der Waals surface area contributed by atoms with E-state index in [2.05, 4.69) is 24.6 Å². The van der Waals surface area contributed by atoms with Crippen LogP contribution in [0.4, 0.5) is 5.82 Å². The van der Waals surface area contributed by atoms with Crippen molar-refractivity contribution in [2.75, 3.05) is 32.5 Å². The fourth-order valence-electron chi connectivity index (χ4n) is 3.74. The Morgan fingerprint density at radius 3 is 3.07 bits per heavy atom. The monoisotopic (exact) mass is 426 g/mol. The van der Waals surface area contributed by atoms with Crippen molar-refractivity contribution in [2.24, 2.45) is 0 Å². The lowest BCUT2D eigenvalue weighted by Gasteiger charge is -2.31. The van der Waals surface area contributed by atoms with E-state index in [4.69, 9.17) is 10.5 Å². The Balaban J connectivity index is 1.41. The van der Waals surface area contributed by atoms with Crippen LogP contribution in [0.3, 0.4) is 0 Å². The summed E-state index contributed by atoms with van der Waals surface area (Å²) in [4.78, 5) is 24.3. The number of benzene rings is 1. The van der Waals surface area contributed by atoms with Crippen LogP contribution >= 0.6 is 11.5 Å². The van der Waals surface area contributed by atoms with Crippen molar-refractivity contribution in [1.29, 1.82) is 0 Å². The summed E-state index contributed by atoms with van der Waals surface area (Å²) < 4.78 is 10.3. The van der Waals surface area contributed by atoms with Crippen LogP contribution < -0.4 is 15.8 Å². The highest BCUT2D eigenvalue weighted by molar-refractivity contribution is 7.09. The van der Waals surface area contributed by atoms with Gasteiger partial charge in [-0.05, 0) is 62.6 Å². The second-order valence-electron chi connectivity index (χ2n) is 7.47. The zero-order chi connectivity index (χ0) is 20.9. The molecule has 0 saturated carbocycles.